The molecule has 0 amide bonds. The van der Waals surface area contributed by atoms with Crippen LogP contribution in [-0.4, -0.2) is 11.3 Å². The van der Waals surface area contributed by atoms with E-state index in [4.69, 9.17) is 0 Å². The van der Waals surface area contributed by atoms with Gasteiger partial charge in [-0.25, -0.2) is 0 Å². The number of thioether (sulfide) groups is 1. The first-order valence-electron chi connectivity index (χ1n) is 3.04. The Morgan fingerprint density at radius 1 is 1.67 bits per heavy atom. The van der Waals surface area contributed by atoms with Gasteiger partial charge in [0.05, 0.1) is 5.04 Å². The van der Waals surface area contributed by atoms with E-state index in [-0.39, 0.29) is 0 Å². The Balaban J connectivity index is 3.55. The zero-order valence-corrected chi connectivity index (χ0v) is 7.03. The van der Waals surface area contributed by atoms with Crippen molar-refractivity contribution in [1.82, 2.24) is 0 Å². The molecule has 0 aliphatic rings. The molecule has 0 radical (unpaired) electrons. The molecule has 0 fully saturated rings. The minimum atomic E-state index is 1.06. The Labute approximate surface area is 61.3 Å². The van der Waals surface area contributed by atoms with E-state index in [0.29, 0.717) is 0 Å². The second kappa shape index (κ2) is 5.89. The molecule has 0 N–H and O–H groups in total. The highest BCUT2D eigenvalue weighted by molar-refractivity contribution is 8.13. The lowest BCUT2D eigenvalue weighted by Crippen LogP contribution is -1.76. The van der Waals surface area contributed by atoms with Gasteiger partial charge in [-0.2, -0.15) is 0 Å². The van der Waals surface area contributed by atoms with Crippen LogP contribution in [0.1, 0.15) is 20.3 Å². The predicted molar refractivity (Wildman–Crippen MR) is 46.1 cm³/mol. The van der Waals surface area contributed by atoms with Crippen molar-refractivity contribution in [3.63, 3.8) is 0 Å². The van der Waals surface area contributed by atoms with E-state index in [2.05, 4.69) is 11.9 Å². The molecule has 9 heavy (non-hydrogen) atoms. The van der Waals surface area contributed by atoms with Crippen LogP contribution in [0.4, 0.5) is 0 Å². The van der Waals surface area contributed by atoms with Crippen molar-refractivity contribution in [3.05, 3.63) is 12.3 Å². The Morgan fingerprint density at radius 3 is 2.78 bits per heavy atom. The molecular formula is C7H13NS. The molecule has 52 valence electrons. The average Bonchev–Trinajstić information content (AvgIpc) is 1.89. The lowest BCUT2D eigenvalue weighted by Gasteiger charge is -1.86. The molecule has 0 unspecified atom stereocenters. The number of allylic oxidation sites excluding steroid dienone is 1. The van der Waals surface area contributed by atoms with E-state index < -0.39 is 0 Å². The summed E-state index contributed by atoms with van der Waals surface area (Å²) in [6.45, 7) is 4.10. The fourth-order valence-corrected chi connectivity index (χ4v) is 0.482. The van der Waals surface area contributed by atoms with Crippen LogP contribution in [0.15, 0.2) is 17.3 Å². The fraction of sp³-hybridized carbons (Fsp3) is 0.571. The molecule has 0 aliphatic carbocycles. The molecule has 0 atom stereocenters. The molecule has 0 aromatic rings. The second-order valence-electron chi connectivity index (χ2n) is 1.65. The van der Waals surface area contributed by atoms with Crippen LogP contribution in [0.5, 0.6) is 0 Å². The Morgan fingerprint density at radius 2 is 2.33 bits per heavy atom. The standard InChI is InChI=1S/C7H13NS/c1-4-5-6-8-7(2)9-3/h5-6H,4H2,1-3H3/b6-5-,8-7?. The summed E-state index contributed by atoms with van der Waals surface area (Å²) >= 11 is 1.67. The minimum absolute atomic E-state index is 1.06. The van der Waals surface area contributed by atoms with Crippen LogP contribution >= 0.6 is 11.8 Å². The third-order valence-corrected chi connectivity index (χ3v) is 1.59. The SMILES string of the molecule is CC/C=C\N=C(C)SC. The molecule has 0 saturated carbocycles. The number of hydrogen-bond donors (Lipinski definition) is 0. The van der Waals surface area contributed by atoms with Gasteiger partial charge in [0, 0.05) is 6.20 Å². The number of hydrogen-bond acceptors (Lipinski definition) is 2. The van der Waals surface area contributed by atoms with Gasteiger partial charge in [0.2, 0.25) is 0 Å². The van der Waals surface area contributed by atoms with E-state index in [1.54, 1.807) is 11.8 Å². The molecule has 0 bridgehead atoms. The second-order valence-corrected chi connectivity index (χ2v) is 2.64. The van der Waals surface area contributed by atoms with Gasteiger partial charge in [-0.05, 0) is 19.6 Å². The van der Waals surface area contributed by atoms with Gasteiger partial charge in [0.25, 0.3) is 0 Å². The maximum absolute atomic E-state index is 4.13. The first-order valence-corrected chi connectivity index (χ1v) is 4.27. The van der Waals surface area contributed by atoms with E-state index in [9.17, 15) is 0 Å². The largest absolute Gasteiger partial charge is 0.255 e. The smallest absolute Gasteiger partial charge is 0.0697 e. The van der Waals surface area contributed by atoms with Crippen LogP contribution in [0.2, 0.25) is 0 Å². The molecular weight excluding hydrogens is 130 g/mol. The number of nitrogens with zero attached hydrogens (tertiary/aromatic N) is 1. The molecule has 0 heterocycles. The van der Waals surface area contributed by atoms with Crippen molar-refractivity contribution in [3.8, 4) is 0 Å². The van der Waals surface area contributed by atoms with Crippen LogP contribution in [0, 0.1) is 0 Å². The normalized spacial score (nSPS) is 13.0. The quantitative estimate of drug-likeness (QED) is 0.427. The van der Waals surface area contributed by atoms with E-state index >= 15 is 0 Å². The van der Waals surface area contributed by atoms with E-state index in [1.807, 2.05) is 25.5 Å². The van der Waals surface area contributed by atoms with Crippen molar-refractivity contribution in [2.75, 3.05) is 6.26 Å². The van der Waals surface area contributed by atoms with Gasteiger partial charge in [0.15, 0.2) is 0 Å². The fourth-order valence-electron chi connectivity index (χ4n) is 0.316. The van der Waals surface area contributed by atoms with Gasteiger partial charge in [-0.15, -0.1) is 11.8 Å². The van der Waals surface area contributed by atoms with E-state index in [1.165, 1.54) is 0 Å². The highest BCUT2D eigenvalue weighted by atomic mass is 32.2. The van der Waals surface area contributed by atoms with Gasteiger partial charge >= 0.3 is 0 Å². The zero-order chi connectivity index (χ0) is 7.11. The van der Waals surface area contributed by atoms with Crippen molar-refractivity contribution in [1.29, 1.82) is 0 Å². The number of rotatable bonds is 2. The van der Waals surface area contributed by atoms with Gasteiger partial charge in [-0.1, -0.05) is 13.0 Å². The van der Waals surface area contributed by atoms with Gasteiger partial charge < -0.3 is 0 Å². The maximum atomic E-state index is 4.13. The monoisotopic (exact) mass is 143 g/mol. The summed E-state index contributed by atoms with van der Waals surface area (Å²) in [4.78, 5) is 4.13. The molecule has 0 aromatic carbocycles. The topological polar surface area (TPSA) is 12.4 Å². The highest BCUT2D eigenvalue weighted by Gasteiger charge is 1.78. The molecule has 0 aromatic heterocycles. The molecule has 2 heteroatoms. The Kier molecular flexibility index (Phi) is 5.73. The molecule has 0 aliphatic heterocycles. The molecule has 0 rings (SSSR count). The summed E-state index contributed by atoms with van der Waals surface area (Å²) in [6.07, 6.45) is 6.98. The van der Waals surface area contributed by atoms with Crippen molar-refractivity contribution in [2.24, 2.45) is 4.99 Å². The van der Waals surface area contributed by atoms with Crippen molar-refractivity contribution >= 4 is 16.8 Å². The summed E-state index contributed by atoms with van der Waals surface area (Å²) < 4.78 is 0. The van der Waals surface area contributed by atoms with Crippen LogP contribution < -0.4 is 0 Å². The van der Waals surface area contributed by atoms with Crippen LogP contribution in [-0.2, 0) is 0 Å². The maximum Gasteiger partial charge on any atom is 0.0697 e. The summed E-state index contributed by atoms with van der Waals surface area (Å²) in [5, 5.41) is 1.11. The van der Waals surface area contributed by atoms with Crippen molar-refractivity contribution < 1.29 is 0 Å². The third kappa shape index (κ3) is 5.63. The first kappa shape index (κ1) is 8.76. The Bertz CT molecular complexity index is 116. The zero-order valence-electron chi connectivity index (χ0n) is 6.22. The third-order valence-electron chi connectivity index (χ3n) is 0.893. The molecule has 1 nitrogen and oxygen atoms in total. The highest BCUT2D eigenvalue weighted by Crippen LogP contribution is 1.96. The van der Waals surface area contributed by atoms with Gasteiger partial charge in [-0.3, -0.25) is 4.99 Å². The first-order chi connectivity index (χ1) is 4.31. The number of aliphatic imine (C=N–C) groups is 1. The average molecular weight is 143 g/mol. The molecule has 0 saturated heterocycles. The predicted octanol–water partition coefficient (Wildman–Crippen LogP) is 2.69. The lowest BCUT2D eigenvalue weighted by molar-refractivity contribution is 1.21. The summed E-state index contributed by atoms with van der Waals surface area (Å²) in [5.41, 5.74) is 0. The van der Waals surface area contributed by atoms with Crippen LogP contribution in [0.3, 0.4) is 0 Å². The van der Waals surface area contributed by atoms with E-state index in [0.717, 1.165) is 11.5 Å². The lowest BCUT2D eigenvalue weighted by atomic mass is 10.5. The Hall–Kier alpha value is -0.240. The minimum Gasteiger partial charge on any atom is -0.255 e. The van der Waals surface area contributed by atoms with Crippen LogP contribution in [0.25, 0.3) is 0 Å². The van der Waals surface area contributed by atoms with Gasteiger partial charge in [0.1, 0.15) is 0 Å². The summed E-state index contributed by atoms with van der Waals surface area (Å²) in [5.74, 6) is 0. The van der Waals surface area contributed by atoms with Crippen molar-refractivity contribution in [2.45, 2.75) is 20.3 Å². The summed E-state index contributed by atoms with van der Waals surface area (Å²) in [7, 11) is 0. The summed E-state index contributed by atoms with van der Waals surface area (Å²) in [6, 6.07) is 0. The molecule has 0 spiro atoms.